The molecule has 2 fully saturated rings. The van der Waals surface area contributed by atoms with Crippen LogP contribution in [0.1, 0.15) is 57.1 Å². The summed E-state index contributed by atoms with van der Waals surface area (Å²) in [4.78, 5) is 18.7. The Morgan fingerprint density at radius 2 is 1.82 bits per heavy atom. The fourth-order valence-electron chi connectivity index (χ4n) is 6.06. The molecule has 216 valence electrons. The van der Waals surface area contributed by atoms with Gasteiger partial charge in [0.05, 0.1) is 29.7 Å². The number of sulfone groups is 1. The van der Waals surface area contributed by atoms with Crippen molar-refractivity contribution in [3.05, 3.63) is 41.3 Å². The first-order chi connectivity index (χ1) is 18.9. The smallest absolute Gasteiger partial charge is 0.226 e. The first kappa shape index (κ1) is 28.6. The summed E-state index contributed by atoms with van der Waals surface area (Å²) < 4.78 is 44.9. The van der Waals surface area contributed by atoms with Crippen molar-refractivity contribution in [3.8, 4) is 17.1 Å². The van der Waals surface area contributed by atoms with Crippen molar-refractivity contribution in [1.29, 1.82) is 0 Å². The van der Waals surface area contributed by atoms with Crippen LogP contribution in [0.15, 0.2) is 24.4 Å². The number of aliphatic hydroxyl groups is 1. The Morgan fingerprint density at radius 1 is 1.07 bits per heavy atom. The molecule has 0 bridgehead atoms. The molecule has 1 atom stereocenters. The Balaban J connectivity index is 1.69. The van der Waals surface area contributed by atoms with Crippen LogP contribution >= 0.6 is 0 Å². The predicted molar refractivity (Wildman–Crippen MR) is 154 cm³/mol. The average Bonchev–Trinajstić information content (AvgIpc) is 3.37. The van der Waals surface area contributed by atoms with Gasteiger partial charge in [-0.1, -0.05) is 0 Å². The van der Waals surface area contributed by atoms with Crippen molar-refractivity contribution in [3.63, 3.8) is 0 Å². The molecular weight excluding hydrogens is 533 g/mol. The van der Waals surface area contributed by atoms with Crippen LogP contribution in [0.3, 0.4) is 0 Å². The van der Waals surface area contributed by atoms with E-state index in [1.54, 1.807) is 12.3 Å². The molecular formula is C29H38FN5O4S. The van der Waals surface area contributed by atoms with Crippen LogP contribution in [0, 0.1) is 5.82 Å². The van der Waals surface area contributed by atoms with E-state index in [1.807, 2.05) is 13.8 Å². The fourth-order valence-corrected chi connectivity index (χ4v) is 6.83. The molecule has 0 saturated carbocycles. The van der Waals surface area contributed by atoms with E-state index in [9.17, 15) is 13.5 Å². The third-order valence-corrected chi connectivity index (χ3v) is 8.67. The largest absolute Gasteiger partial charge is 0.481 e. The monoisotopic (exact) mass is 571 g/mol. The quantitative estimate of drug-likeness (QED) is 0.427. The van der Waals surface area contributed by atoms with E-state index < -0.39 is 21.3 Å². The molecule has 40 heavy (non-hydrogen) atoms. The molecule has 9 nitrogen and oxygen atoms in total. The van der Waals surface area contributed by atoms with Gasteiger partial charge in [-0.25, -0.2) is 27.8 Å². The number of nitrogens with zero attached hydrogens (tertiary/aromatic N) is 5. The van der Waals surface area contributed by atoms with Gasteiger partial charge in [-0.2, -0.15) is 0 Å². The summed E-state index contributed by atoms with van der Waals surface area (Å²) in [6.07, 6.45) is 7.81. The van der Waals surface area contributed by atoms with Crippen LogP contribution < -0.4 is 9.64 Å². The minimum Gasteiger partial charge on any atom is -0.481 e. The van der Waals surface area contributed by atoms with Crippen LogP contribution in [0.5, 0.6) is 5.88 Å². The van der Waals surface area contributed by atoms with E-state index in [0.717, 1.165) is 63.6 Å². The zero-order valence-electron chi connectivity index (χ0n) is 23.7. The van der Waals surface area contributed by atoms with Crippen molar-refractivity contribution in [2.75, 3.05) is 37.9 Å². The number of hydrogen-bond donors (Lipinski definition) is 1. The number of benzene rings is 1. The second-order valence-corrected chi connectivity index (χ2v) is 13.8. The summed E-state index contributed by atoms with van der Waals surface area (Å²) in [5.74, 6) is 0.139. The highest BCUT2D eigenvalue weighted by Crippen LogP contribution is 2.35. The first-order valence-electron chi connectivity index (χ1n) is 13.9. The third kappa shape index (κ3) is 6.21. The lowest BCUT2D eigenvalue weighted by Gasteiger charge is -2.34. The van der Waals surface area contributed by atoms with Crippen LogP contribution in [0.25, 0.3) is 22.2 Å². The Kier molecular flexibility index (Phi) is 8.00. The highest BCUT2D eigenvalue weighted by molar-refractivity contribution is 7.89. The third-order valence-electron chi connectivity index (χ3n) is 7.83. The Bertz CT molecular complexity index is 1500. The van der Waals surface area contributed by atoms with Gasteiger partial charge in [0.15, 0.2) is 9.84 Å². The zero-order chi connectivity index (χ0) is 28.7. The van der Waals surface area contributed by atoms with E-state index in [4.69, 9.17) is 14.7 Å². The van der Waals surface area contributed by atoms with Crippen molar-refractivity contribution in [1.82, 2.24) is 19.9 Å². The molecule has 0 amide bonds. The van der Waals surface area contributed by atoms with Gasteiger partial charge < -0.3 is 14.7 Å². The number of halogens is 1. The van der Waals surface area contributed by atoms with Gasteiger partial charge in [-0.3, -0.25) is 4.90 Å². The zero-order valence-corrected chi connectivity index (χ0v) is 24.5. The Labute approximate surface area is 235 Å². The predicted octanol–water partition coefficient (Wildman–Crippen LogP) is 4.11. The average molecular weight is 572 g/mol. The SMILES string of the molecule is COc1ncc(-c2nc(N3CCCCC3)nc3c(CN4CCC[C@H]4C(C)(C)O)cc(F)cc23)cc1CS(C)(=O)=O. The topological polar surface area (TPSA) is 109 Å². The molecule has 5 rings (SSSR count). The van der Waals surface area contributed by atoms with Crippen molar-refractivity contribution in [2.24, 2.45) is 0 Å². The molecule has 1 aromatic carbocycles. The molecule has 3 aromatic rings. The second kappa shape index (κ2) is 11.2. The summed E-state index contributed by atoms with van der Waals surface area (Å²) in [5.41, 5.74) is 1.97. The van der Waals surface area contributed by atoms with E-state index in [2.05, 4.69) is 14.8 Å². The molecule has 1 N–H and O–H groups in total. The number of aromatic nitrogens is 3. The molecule has 2 saturated heterocycles. The lowest BCUT2D eigenvalue weighted by Crippen LogP contribution is -2.45. The first-order valence-corrected chi connectivity index (χ1v) is 15.9. The van der Waals surface area contributed by atoms with Gasteiger partial charge in [0.2, 0.25) is 11.8 Å². The van der Waals surface area contributed by atoms with Crippen LogP contribution in [0.4, 0.5) is 10.3 Å². The lowest BCUT2D eigenvalue weighted by atomic mass is 9.96. The molecule has 11 heteroatoms. The molecule has 0 aliphatic carbocycles. The van der Waals surface area contributed by atoms with Gasteiger partial charge in [-0.15, -0.1) is 0 Å². The Hall–Kier alpha value is -2.89. The number of methoxy groups -OCH3 is 1. The fraction of sp³-hybridized carbons (Fsp3) is 0.552. The molecule has 0 unspecified atom stereocenters. The summed E-state index contributed by atoms with van der Waals surface area (Å²) in [6.45, 7) is 6.54. The van der Waals surface area contributed by atoms with Crippen LogP contribution in [0.2, 0.25) is 0 Å². The van der Waals surface area contributed by atoms with E-state index in [0.29, 0.717) is 40.2 Å². The summed E-state index contributed by atoms with van der Waals surface area (Å²) in [6, 6.07) is 4.63. The van der Waals surface area contributed by atoms with E-state index in [-0.39, 0.29) is 17.7 Å². The number of piperidine rings is 1. The molecule has 2 aromatic heterocycles. The maximum atomic E-state index is 15.2. The molecule has 2 aliphatic rings. The van der Waals surface area contributed by atoms with Crippen molar-refractivity contribution >= 4 is 26.7 Å². The standard InChI is InChI=1S/C29H38FN5O4S/c1-29(2,36)24-9-8-12-35(24)17-20-14-22(30)15-23-25(32-28(33-26(20)23)34-10-6-5-7-11-34)19-13-21(18-40(4,37)38)27(39-3)31-16-19/h13-16,24,36H,5-12,17-18H2,1-4H3/t24-/m0/s1. The van der Waals surface area contributed by atoms with Gasteiger partial charge in [0.25, 0.3) is 0 Å². The highest BCUT2D eigenvalue weighted by Gasteiger charge is 2.36. The number of pyridine rings is 1. The summed E-state index contributed by atoms with van der Waals surface area (Å²) >= 11 is 0. The van der Waals surface area contributed by atoms with Gasteiger partial charge in [0.1, 0.15) is 5.82 Å². The maximum absolute atomic E-state index is 15.2. The number of hydrogen-bond acceptors (Lipinski definition) is 9. The normalized spacial score (nSPS) is 18.9. The highest BCUT2D eigenvalue weighted by atomic mass is 32.2. The molecule has 2 aliphatic heterocycles. The van der Waals surface area contributed by atoms with Gasteiger partial charge in [0, 0.05) is 54.6 Å². The van der Waals surface area contributed by atoms with Crippen LogP contribution in [-0.4, -0.2) is 78.0 Å². The van der Waals surface area contributed by atoms with Crippen molar-refractivity contribution < 1.29 is 22.7 Å². The van der Waals surface area contributed by atoms with E-state index in [1.165, 1.54) is 19.2 Å². The number of rotatable bonds is 8. The number of anilines is 1. The van der Waals surface area contributed by atoms with Crippen molar-refractivity contribution in [2.45, 2.75) is 69.9 Å². The van der Waals surface area contributed by atoms with E-state index >= 15 is 4.39 Å². The minimum atomic E-state index is -3.37. The second-order valence-electron chi connectivity index (χ2n) is 11.6. The van der Waals surface area contributed by atoms with Gasteiger partial charge >= 0.3 is 0 Å². The summed E-state index contributed by atoms with van der Waals surface area (Å²) in [5, 5.41) is 11.3. The van der Waals surface area contributed by atoms with Gasteiger partial charge in [-0.05, 0) is 76.3 Å². The lowest BCUT2D eigenvalue weighted by molar-refractivity contribution is -0.00493. The maximum Gasteiger partial charge on any atom is 0.226 e. The minimum absolute atomic E-state index is 0.0435. The van der Waals surface area contributed by atoms with Crippen LogP contribution in [-0.2, 0) is 22.1 Å². The Morgan fingerprint density at radius 3 is 2.50 bits per heavy atom. The number of likely N-dealkylation sites (tertiary alicyclic amines) is 1. The molecule has 4 heterocycles. The molecule has 0 radical (unpaired) electrons. The number of fused-ring (bicyclic) bond motifs is 1. The number of ether oxygens (including phenoxy) is 1. The molecule has 0 spiro atoms. The summed E-state index contributed by atoms with van der Waals surface area (Å²) in [7, 11) is -1.92.